The zero-order valence-corrected chi connectivity index (χ0v) is 15.5. The lowest BCUT2D eigenvalue weighted by atomic mass is 10.0. The van der Waals surface area contributed by atoms with Crippen LogP contribution in [0.4, 0.5) is 0 Å². The molecule has 0 saturated heterocycles. The van der Waals surface area contributed by atoms with Crippen LogP contribution in [0.15, 0.2) is 16.3 Å². The van der Waals surface area contributed by atoms with Crippen molar-refractivity contribution in [2.45, 2.75) is 31.2 Å². The average molecular weight is 362 g/mol. The minimum atomic E-state index is -4.01. The van der Waals surface area contributed by atoms with Crippen molar-refractivity contribution in [2.75, 3.05) is 21.2 Å². The van der Waals surface area contributed by atoms with Crippen molar-refractivity contribution in [2.24, 2.45) is 5.92 Å². The molecule has 1 heterocycles. The Labute approximate surface area is 140 Å². The zero-order chi connectivity index (χ0) is 17.8. The number of ether oxygens (including phenoxy) is 1. The second kappa shape index (κ2) is 7.89. The molecule has 0 saturated carbocycles. The lowest BCUT2D eigenvalue weighted by Crippen LogP contribution is -2.46. The van der Waals surface area contributed by atoms with E-state index in [0.717, 1.165) is 11.3 Å². The molecule has 0 fully saturated rings. The second-order valence-electron chi connectivity index (χ2n) is 5.64. The maximum absolute atomic E-state index is 12.6. The number of carbonyl (C=O) groups excluding carboxylic acids is 2. The molecule has 1 aromatic heterocycles. The molecule has 9 heteroatoms. The summed E-state index contributed by atoms with van der Waals surface area (Å²) in [5.41, 5.74) is 0. The molecule has 0 aromatic carbocycles. The molecular formula is C14H22N2O5S2. The normalized spacial score (nSPS) is 13.0. The van der Waals surface area contributed by atoms with Gasteiger partial charge in [-0.1, -0.05) is 13.8 Å². The number of esters is 1. The summed E-state index contributed by atoms with van der Waals surface area (Å²) in [5, 5.41) is 1.49. The Bertz CT molecular complexity index is 664. The van der Waals surface area contributed by atoms with E-state index in [1.54, 1.807) is 14.1 Å². The van der Waals surface area contributed by atoms with E-state index in [1.807, 2.05) is 13.8 Å². The van der Waals surface area contributed by atoms with Crippen LogP contribution in [0.2, 0.25) is 0 Å². The summed E-state index contributed by atoms with van der Waals surface area (Å²) in [4.78, 5) is 25.0. The summed E-state index contributed by atoms with van der Waals surface area (Å²) in [6, 6.07) is 0.437. The predicted octanol–water partition coefficient (Wildman–Crippen LogP) is 1.32. The van der Waals surface area contributed by atoms with Gasteiger partial charge in [0.15, 0.2) is 0 Å². The van der Waals surface area contributed by atoms with Crippen LogP contribution in [0, 0.1) is 5.92 Å². The van der Waals surface area contributed by atoms with E-state index < -0.39 is 22.0 Å². The fourth-order valence-electron chi connectivity index (χ4n) is 1.98. The lowest BCUT2D eigenvalue weighted by molar-refractivity contribution is -0.130. The van der Waals surface area contributed by atoms with Crippen LogP contribution in [0.3, 0.4) is 0 Å². The first kappa shape index (κ1) is 19.6. The number of rotatable bonds is 7. The van der Waals surface area contributed by atoms with Crippen LogP contribution in [0.5, 0.6) is 0 Å². The van der Waals surface area contributed by atoms with Crippen molar-refractivity contribution in [3.8, 4) is 0 Å². The number of thiophene rings is 1. The van der Waals surface area contributed by atoms with Gasteiger partial charge < -0.3 is 9.64 Å². The molecule has 1 aromatic rings. The smallest absolute Gasteiger partial charge is 0.349 e. The third-order valence-electron chi connectivity index (χ3n) is 3.03. The molecule has 0 aliphatic rings. The van der Waals surface area contributed by atoms with Gasteiger partial charge in [-0.15, -0.1) is 11.3 Å². The highest BCUT2D eigenvalue weighted by atomic mass is 32.2. The first-order valence-corrected chi connectivity index (χ1v) is 9.35. The zero-order valence-electron chi connectivity index (χ0n) is 13.8. The summed E-state index contributed by atoms with van der Waals surface area (Å²) in [5.74, 6) is -0.939. The largest absolute Gasteiger partial charge is 0.465 e. The number of amides is 1. The van der Waals surface area contributed by atoms with Crippen LogP contribution >= 0.6 is 11.3 Å². The first-order valence-electron chi connectivity index (χ1n) is 6.99. The third kappa shape index (κ3) is 5.02. The molecule has 0 unspecified atom stereocenters. The van der Waals surface area contributed by atoms with E-state index in [9.17, 15) is 18.0 Å². The minimum absolute atomic E-state index is 0.0133. The lowest BCUT2D eigenvalue weighted by Gasteiger charge is -2.23. The molecule has 130 valence electrons. The first-order chi connectivity index (χ1) is 10.6. The van der Waals surface area contributed by atoms with Crippen molar-refractivity contribution in [3.63, 3.8) is 0 Å². The Morgan fingerprint density at radius 2 is 1.96 bits per heavy atom. The Morgan fingerprint density at radius 1 is 1.35 bits per heavy atom. The maximum atomic E-state index is 12.6. The molecule has 0 bridgehead atoms. The van der Waals surface area contributed by atoms with Gasteiger partial charge in [-0.2, -0.15) is 4.72 Å². The van der Waals surface area contributed by atoms with E-state index in [2.05, 4.69) is 9.46 Å². The topological polar surface area (TPSA) is 92.8 Å². The molecule has 23 heavy (non-hydrogen) atoms. The highest BCUT2D eigenvalue weighted by Gasteiger charge is 2.31. The summed E-state index contributed by atoms with van der Waals surface area (Å²) in [6.45, 7) is 3.80. The van der Waals surface area contributed by atoms with Crippen LogP contribution in [0.25, 0.3) is 0 Å². The van der Waals surface area contributed by atoms with Gasteiger partial charge in [-0.05, 0) is 23.8 Å². The summed E-state index contributed by atoms with van der Waals surface area (Å²) < 4.78 is 32.1. The molecule has 0 spiro atoms. The van der Waals surface area contributed by atoms with Gasteiger partial charge in [-0.25, -0.2) is 13.2 Å². The molecule has 0 radical (unpaired) electrons. The number of likely N-dealkylation sites (N-methyl/N-ethyl adjacent to an activating group) is 1. The van der Waals surface area contributed by atoms with E-state index in [-0.39, 0.29) is 21.6 Å². The Morgan fingerprint density at radius 3 is 2.43 bits per heavy atom. The SMILES string of the molecule is COC(=O)c1sccc1S(=O)(=O)N[C@@H](CC(C)C)C(=O)N(C)C. The monoisotopic (exact) mass is 362 g/mol. The number of hydrogen-bond acceptors (Lipinski definition) is 6. The molecule has 1 N–H and O–H groups in total. The van der Waals surface area contributed by atoms with E-state index >= 15 is 0 Å². The van der Waals surface area contributed by atoms with E-state index in [0.29, 0.717) is 6.42 Å². The van der Waals surface area contributed by atoms with Crippen LogP contribution in [0.1, 0.15) is 29.9 Å². The van der Waals surface area contributed by atoms with Crippen molar-refractivity contribution in [3.05, 3.63) is 16.3 Å². The second-order valence-corrected chi connectivity index (χ2v) is 8.24. The average Bonchev–Trinajstić information content (AvgIpc) is 2.94. The van der Waals surface area contributed by atoms with Gasteiger partial charge in [0.1, 0.15) is 15.8 Å². The fraction of sp³-hybridized carbons (Fsp3) is 0.571. The predicted molar refractivity (Wildman–Crippen MR) is 87.9 cm³/mol. The van der Waals surface area contributed by atoms with Gasteiger partial charge >= 0.3 is 5.97 Å². The Balaban J connectivity index is 3.14. The van der Waals surface area contributed by atoms with Crippen LogP contribution < -0.4 is 4.72 Å². The highest BCUT2D eigenvalue weighted by molar-refractivity contribution is 7.89. The van der Waals surface area contributed by atoms with Crippen LogP contribution in [-0.4, -0.2) is 52.4 Å². The van der Waals surface area contributed by atoms with Gasteiger partial charge in [-0.3, -0.25) is 4.79 Å². The summed E-state index contributed by atoms with van der Waals surface area (Å²) in [6.07, 6.45) is 0.355. The quantitative estimate of drug-likeness (QED) is 0.739. The summed E-state index contributed by atoms with van der Waals surface area (Å²) in [7, 11) is 0.297. The Hall–Kier alpha value is -1.45. The van der Waals surface area contributed by atoms with Crippen molar-refractivity contribution in [1.29, 1.82) is 0 Å². The van der Waals surface area contributed by atoms with Crippen LogP contribution in [-0.2, 0) is 19.6 Å². The number of methoxy groups -OCH3 is 1. The van der Waals surface area contributed by atoms with Crippen molar-refractivity contribution >= 4 is 33.2 Å². The number of carbonyl (C=O) groups is 2. The van der Waals surface area contributed by atoms with Crippen molar-refractivity contribution < 1.29 is 22.7 Å². The van der Waals surface area contributed by atoms with E-state index in [4.69, 9.17) is 0 Å². The molecule has 0 aliphatic carbocycles. The van der Waals surface area contributed by atoms with Gasteiger partial charge in [0, 0.05) is 14.1 Å². The van der Waals surface area contributed by atoms with E-state index in [1.165, 1.54) is 23.5 Å². The summed E-state index contributed by atoms with van der Waals surface area (Å²) >= 11 is 0.976. The van der Waals surface area contributed by atoms with Crippen molar-refractivity contribution in [1.82, 2.24) is 9.62 Å². The number of hydrogen-bond donors (Lipinski definition) is 1. The standard InChI is InChI=1S/C14H22N2O5S2/c1-9(2)8-10(13(17)16(3)4)15-23(19,20)11-6-7-22-12(11)14(18)21-5/h6-7,9-10,15H,8H2,1-5H3/t10-/m0/s1. The molecule has 1 rings (SSSR count). The number of nitrogens with one attached hydrogen (secondary N) is 1. The molecule has 1 atom stereocenters. The minimum Gasteiger partial charge on any atom is -0.465 e. The van der Waals surface area contributed by atoms with Gasteiger partial charge in [0.05, 0.1) is 7.11 Å². The Kier molecular flexibility index (Phi) is 6.72. The molecule has 7 nitrogen and oxygen atoms in total. The molecular weight excluding hydrogens is 340 g/mol. The maximum Gasteiger partial charge on any atom is 0.349 e. The van der Waals surface area contributed by atoms with Gasteiger partial charge in [0.2, 0.25) is 15.9 Å². The third-order valence-corrected chi connectivity index (χ3v) is 5.57. The molecule has 0 aliphatic heterocycles. The number of nitrogens with zero attached hydrogens (tertiary/aromatic N) is 1. The number of sulfonamides is 1. The molecule has 1 amide bonds. The van der Waals surface area contributed by atoms with Gasteiger partial charge in [0.25, 0.3) is 0 Å². The highest BCUT2D eigenvalue weighted by Crippen LogP contribution is 2.23. The fourth-order valence-corrected chi connectivity index (χ4v) is 4.52.